The number of aryl methyl sites for hydroxylation is 2. The maximum absolute atomic E-state index is 12.2. The van der Waals surface area contributed by atoms with E-state index in [2.05, 4.69) is 9.82 Å². The van der Waals surface area contributed by atoms with E-state index in [1.54, 1.807) is 29.1 Å². The van der Waals surface area contributed by atoms with Crippen molar-refractivity contribution in [2.75, 3.05) is 6.54 Å². The monoisotopic (exact) mass is 308 g/mol. The molecule has 6 nitrogen and oxygen atoms in total. The van der Waals surface area contributed by atoms with Crippen LogP contribution in [0.15, 0.2) is 35.5 Å². The summed E-state index contributed by atoms with van der Waals surface area (Å²) in [7, 11) is -3.52. The van der Waals surface area contributed by atoms with Crippen LogP contribution in [0, 0.1) is 13.8 Å². The maximum Gasteiger partial charge on any atom is 0.240 e. The van der Waals surface area contributed by atoms with Gasteiger partial charge in [0.25, 0.3) is 0 Å². The van der Waals surface area contributed by atoms with Crippen molar-refractivity contribution in [1.82, 2.24) is 14.5 Å². The van der Waals surface area contributed by atoms with Crippen LogP contribution in [0.4, 0.5) is 0 Å². The van der Waals surface area contributed by atoms with Gasteiger partial charge in [0.05, 0.1) is 17.6 Å². The van der Waals surface area contributed by atoms with Crippen LogP contribution in [-0.4, -0.2) is 24.7 Å². The molecule has 0 aliphatic carbocycles. The highest BCUT2D eigenvalue weighted by atomic mass is 32.2. The standard InChI is InChI=1S/C14H20N4O2S/c1-11-9-16-18(10-11)6-5-17-21(19,20)14-4-3-12(2)13(7-14)8-15/h3-4,7,9-10,17H,5-6,8,15H2,1-2H3. The van der Waals surface area contributed by atoms with Gasteiger partial charge in [-0.05, 0) is 42.7 Å². The first-order valence-corrected chi connectivity index (χ1v) is 8.19. The fourth-order valence-electron chi connectivity index (χ4n) is 2.00. The molecule has 0 unspecified atom stereocenters. The van der Waals surface area contributed by atoms with E-state index < -0.39 is 10.0 Å². The molecule has 1 aromatic heterocycles. The van der Waals surface area contributed by atoms with Crippen LogP contribution < -0.4 is 10.5 Å². The van der Waals surface area contributed by atoms with Gasteiger partial charge in [-0.3, -0.25) is 4.68 Å². The van der Waals surface area contributed by atoms with E-state index in [9.17, 15) is 8.42 Å². The Labute approximate surface area is 125 Å². The SMILES string of the molecule is Cc1cnn(CCNS(=O)(=O)c2ccc(C)c(CN)c2)c1. The van der Waals surface area contributed by atoms with E-state index in [1.165, 1.54) is 0 Å². The van der Waals surface area contributed by atoms with Crippen LogP contribution in [0.2, 0.25) is 0 Å². The lowest BCUT2D eigenvalue weighted by molar-refractivity contribution is 0.560. The number of benzene rings is 1. The van der Waals surface area contributed by atoms with Crippen molar-refractivity contribution in [1.29, 1.82) is 0 Å². The second-order valence-corrected chi connectivity index (χ2v) is 6.74. The van der Waals surface area contributed by atoms with E-state index in [-0.39, 0.29) is 11.4 Å². The Bertz CT molecular complexity index is 722. The van der Waals surface area contributed by atoms with Crippen LogP contribution >= 0.6 is 0 Å². The van der Waals surface area contributed by atoms with Gasteiger partial charge in [-0.15, -0.1) is 0 Å². The molecule has 0 saturated heterocycles. The lowest BCUT2D eigenvalue weighted by Crippen LogP contribution is -2.27. The number of hydrogen-bond donors (Lipinski definition) is 2. The van der Waals surface area contributed by atoms with Crippen molar-refractivity contribution in [2.45, 2.75) is 31.8 Å². The van der Waals surface area contributed by atoms with Gasteiger partial charge in [0, 0.05) is 19.3 Å². The van der Waals surface area contributed by atoms with Crippen molar-refractivity contribution in [3.63, 3.8) is 0 Å². The number of aromatic nitrogens is 2. The average Bonchev–Trinajstić information content (AvgIpc) is 2.84. The summed E-state index contributed by atoms with van der Waals surface area (Å²) >= 11 is 0. The Balaban J connectivity index is 2.04. The Morgan fingerprint density at radius 1 is 1.33 bits per heavy atom. The van der Waals surface area contributed by atoms with Crippen LogP contribution in [0.5, 0.6) is 0 Å². The summed E-state index contributed by atoms with van der Waals surface area (Å²) < 4.78 is 28.7. The molecular weight excluding hydrogens is 288 g/mol. The fourth-order valence-corrected chi connectivity index (χ4v) is 3.07. The Morgan fingerprint density at radius 2 is 2.10 bits per heavy atom. The fraction of sp³-hybridized carbons (Fsp3) is 0.357. The number of hydrogen-bond acceptors (Lipinski definition) is 4. The molecule has 0 fully saturated rings. The highest BCUT2D eigenvalue weighted by Crippen LogP contribution is 2.15. The molecule has 0 bridgehead atoms. The first-order valence-electron chi connectivity index (χ1n) is 6.70. The smallest absolute Gasteiger partial charge is 0.240 e. The van der Waals surface area contributed by atoms with Crippen molar-refractivity contribution in [2.24, 2.45) is 5.73 Å². The van der Waals surface area contributed by atoms with Gasteiger partial charge >= 0.3 is 0 Å². The van der Waals surface area contributed by atoms with E-state index >= 15 is 0 Å². The summed E-state index contributed by atoms with van der Waals surface area (Å²) in [5.74, 6) is 0. The van der Waals surface area contributed by atoms with Crippen molar-refractivity contribution in [3.05, 3.63) is 47.3 Å². The molecule has 1 aromatic carbocycles. The predicted octanol–water partition coefficient (Wildman–Crippen LogP) is 0.937. The van der Waals surface area contributed by atoms with Crippen molar-refractivity contribution < 1.29 is 8.42 Å². The quantitative estimate of drug-likeness (QED) is 0.831. The average molecular weight is 308 g/mol. The third-order valence-corrected chi connectivity index (χ3v) is 4.70. The molecule has 2 aromatic rings. The summed E-state index contributed by atoms with van der Waals surface area (Å²) in [6.07, 6.45) is 3.61. The van der Waals surface area contributed by atoms with Crippen molar-refractivity contribution in [3.8, 4) is 0 Å². The normalized spacial score (nSPS) is 11.8. The summed E-state index contributed by atoms with van der Waals surface area (Å²) in [4.78, 5) is 0.241. The van der Waals surface area contributed by atoms with Gasteiger partial charge in [-0.25, -0.2) is 13.1 Å². The number of nitrogens with two attached hydrogens (primary N) is 1. The molecule has 0 saturated carbocycles. The molecule has 0 spiro atoms. The third kappa shape index (κ3) is 3.90. The molecule has 3 N–H and O–H groups in total. The van der Waals surface area contributed by atoms with E-state index in [4.69, 9.17) is 5.73 Å². The van der Waals surface area contributed by atoms with Gasteiger partial charge < -0.3 is 5.73 Å². The predicted molar refractivity (Wildman–Crippen MR) is 81.2 cm³/mol. The maximum atomic E-state index is 12.2. The van der Waals surface area contributed by atoms with Gasteiger partial charge in [0.2, 0.25) is 10.0 Å². The third-order valence-electron chi connectivity index (χ3n) is 3.25. The molecule has 0 amide bonds. The number of rotatable bonds is 6. The Kier molecular flexibility index (Phi) is 4.76. The molecule has 0 atom stereocenters. The highest BCUT2D eigenvalue weighted by molar-refractivity contribution is 7.89. The van der Waals surface area contributed by atoms with Crippen LogP contribution in [-0.2, 0) is 23.1 Å². The summed E-state index contributed by atoms with van der Waals surface area (Å²) in [5.41, 5.74) is 8.48. The number of nitrogens with zero attached hydrogens (tertiary/aromatic N) is 2. The topological polar surface area (TPSA) is 90.0 Å². The first kappa shape index (κ1) is 15.7. The molecule has 1 heterocycles. The van der Waals surface area contributed by atoms with Crippen LogP contribution in [0.25, 0.3) is 0 Å². The summed E-state index contributed by atoms with van der Waals surface area (Å²) in [6, 6.07) is 4.98. The van der Waals surface area contributed by atoms with Gasteiger partial charge in [0.1, 0.15) is 0 Å². The largest absolute Gasteiger partial charge is 0.326 e. The number of nitrogens with one attached hydrogen (secondary N) is 1. The molecule has 0 aliphatic rings. The minimum atomic E-state index is -3.52. The van der Waals surface area contributed by atoms with E-state index in [1.807, 2.05) is 20.0 Å². The molecule has 114 valence electrons. The van der Waals surface area contributed by atoms with Crippen LogP contribution in [0.1, 0.15) is 16.7 Å². The minimum absolute atomic E-state index is 0.241. The molecule has 0 radical (unpaired) electrons. The number of sulfonamides is 1. The minimum Gasteiger partial charge on any atom is -0.326 e. The Morgan fingerprint density at radius 3 is 2.71 bits per heavy atom. The van der Waals surface area contributed by atoms with Gasteiger partial charge in [-0.1, -0.05) is 6.07 Å². The zero-order valence-corrected chi connectivity index (χ0v) is 13.0. The summed E-state index contributed by atoms with van der Waals surface area (Å²) in [5, 5.41) is 4.11. The molecule has 7 heteroatoms. The molecule has 2 rings (SSSR count). The zero-order valence-electron chi connectivity index (χ0n) is 12.2. The molecular formula is C14H20N4O2S. The first-order chi connectivity index (χ1) is 9.92. The zero-order chi connectivity index (χ0) is 15.5. The van der Waals surface area contributed by atoms with E-state index in [0.29, 0.717) is 13.1 Å². The Hall–Kier alpha value is -1.70. The van der Waals surface area contributed by atoms with Gasteiger partial charge in [0.15, 0.2) is 0 Å². The van der Waals surface area contributed by atoms with Crippen molar-refractivity contribution >= 4 is 10.0 Å². The summed E-state index contributed by atoms with van der Waals surface area (Å²) in [6.45, 7) is 4.94. The van der Waals surface area contributed by atoms with Gasteiger partial charge in [-0.2, -0.15) is 5.10 Å². The highest BCUT2D eigenvalue weighted by Gasteiger charge is 2.14. The molecule has 0 aliphatic heterocycles. The lowest BCUT2D eigenvalue weighted by Gasteiger charge is -2.09. The molecule has 21 heavy (non-hydrogen) atoms. The van der Waals surface area contributed by atoms with E-state index in [0.717, 1.165) is 16.7 Å². The van der Waals surface area contributed by atoms with Crippen LogP contribution in [0.3, 0.4) is 0 Å². The second-order valence-electron chi connectivity index (χ2n) is 4.97. The second kappa shape index (κ2) is 6.38. The lowest BCUT2D eigenvalue weighted by atomic mass is 10.1.